The number of sulfone groups is 1. The fraction of sp³-hybridized carbons (Fsp3) is 0.381. The van der Waals surface area contributed by atoms with Gasteiger partial charge in [0.15, 0.2) is 20.8 Å². The van der Waals surface area contributed by atoms with Crippen LogP contribution in [0.15, 0.2) is 52.2 Å². The van der Waals surface area contributed by atoms with Crippen LogP contribution in [0.1, 0.15) is 19.1 Å². The van der Waals surface area contributed by atoms with E-state index in [0.29, 0.717) is 35.5 Å². The van der Waals surface area contributed by atoms with E-state index in [1.807, 2.05) is 35.8 Å². The number of carbonyl (C=O) groups is 1. The summed E-state index contributed by atoms with van der Waals surface area (Å²) in [6.45, 7) is 2.74. The van der Waals surface area contributed by atoms with E-state index in [-0.39, 0.29) is 29.2 Å². The lowest BCUT2D eigenvalue weighted by molar-refractivity contribution is -0.129. The molecule has 1 atom stereocenters. The number of hydrogen-bond acceptors (Lipinski definition) is 7. The molecule has 1 fully saturated rings. The van der Waals surface area contributed by atoms with Crippen LogP contribution < -0.4 is 0 Å². The van der Waals surface area contributed by atoms with Crippen molar-refractivity contribution >= 4 is 39.1 Å². The number of thioether (sulfide) groups is 1. The highest BCUT2D eigenvalue weighted by Crippen LogP contribution is 2.27. The molecular weight excluding hydrogens is 472 g/mol. The van der Waals surface area contributed by atoms with E-state index in [4.69, 9.17) is 16.0 Å². The van der Waals surface area contributed by atoms with Crippen LogP contribution in [0.25, 0.3) is 11.4 Å². The summed E-state index contributed by atoms with van der Waals surface area (Å²) in [7, 11) is -3.06. The van der Waals surface area contributed by atoms with E-state index in [0.717, 1.165) is 11.3 Å². The smallest absolute Gasteiger partial charge is 0.233 e. The van der Waals surface area contributed by atoms with Crippen molar-refractivity contribution in [3.63, 3.8) is 0 Å². The number of rotatable bonds is 8. The van der Waals surface area contributed by atoms with E-state index in [1.54, 1.807) is 23.3 Å². The topological polar surface area (TPSA) is 98.3 Å². The van der Waals surface area contributed by atoms with Gasteiger partial charge in [0.05, 0.1) is 30.1 Å². The number of amides is 1. The average molecular weight is 495 g/mol. The Morgan fingerprint density at radius 1 is 1.28 bits per heavy atom. The maximum atomic E-state index is 12.9. The average Bonchev–Trinajstić information content (AvgIpc) is 3.49. The Labute approximate surface area is 195 Å². The van der Waals surface area contributed by atoms with Crippen LogP contribution in [0.3, 0.4) is 0 Å². The van der Waals surface area contributed by atoms with Gasteiger partial charge in [-0.3, -0.25) is 9.36 Å². The molecule has 0 saturated carbocycles. The highest BCUT2D eigenvalue weighted by atomic mass is 35.5. The lowest BCUT2D eigenvalue weighted by Gasteiger charge is -2.26. The van der Waals surface area contributed by atoms with Gasteiger partial charge in [0.2, 0.25) is 5.91 Å². The zero-order valence-corrected chi connectivity index (χ0v) is 19.9. The first-order chi connectivity index (χ1) is 15.4. The Morgan fingerprint density at radius 2 is 2.06 bits per heavy atom. The van der Waals surface area contributed by atoms with Gasteiger partial charge < -0.3 is 9.32 Å². The van der Waals surface area contributed by atoms with Crippen molar-refractivity contribution in [2.45, 2.75) is 31.1 Å². The van der Waals surface area contributed by atoms with Gasteiger partial charge in [0.1, 0.15) is 5.76 Å². The third kappa shape index (κ3) is 5.19. The van der Waals surface area contributed by atoms with Crippen molar-refractivity contribution in [2.75, 3.05) is 23.8 Å². The van der Waals surface area contributed by atoms with Gasteiger partial charge in [0, 0.05) is 23.2 Å². The molecule has 1 amide bonds. The Kier molecular flexibility index (Phi) is 6.92. The number of nitrogens with zero attached hydrogens (tertiary/aromatic N) is 4. The second-order valence-corrected chi connectivity index (χ2v) is 11.1. The number of furan rings is 1. The molecule has 0 spiro atoms. The van der Waals surface area contributed by atoms with E-state index in [2.05, 4.69) is 10.2 Å². The highest BCUT2D eigenvalue weighted by Gasteiger charge is 2.34. The fourth-order valence-electron chi connectivity index (χ4n) is 3.78. The van der Waals surface area contributed by atoms with Crippen molar-refractivity contribution in [1.29, 1.82) is 0 Å². The van der Waals surface area contributed by atoms with E-state index in [1.165, 1.54) is 11.8 Å². The van der Waals surface area contributed by atoms with Gasteiger partial charge in [-0.25, -0.2) is 8.42 Å². The molecule has 3 aromatic rings. The molecule has 1 saturated heterocycles. The van der Waals surface area contributed by atoms with Crippen LogP contribution in [0.5, 0.6) is 0 Å². The van der Waals surface area contributed by atoms with Crippen molar-refractivity contribution < 1.29 is 17.6 Å². The van der Waals surface area contributed by atoms with Gasteiger partial charge in [-0.1, -0.05) is 23.4 Å². The summed E-state index contributed by atoms with van der Waals surface area (Å²) < 4.78 is 31.1. The first-order valence-electron chi connectivity index (χ1n) is 10.2. The molecule has 1 aliphatic heterocycles. The molecule has 1 aromatic carbocycles. The molecule has 2 aromatic heterocycles. The second kappa shape index (κ2) is 9.68. The first kappa shape index (κ1) is 22.9. The number of carbonyl (C=O) groups excluding carboxylic acids is 1. The molecular formula is C21H23ClN4O4S2. The largest absolute Gasteiger partial charge is 0.467 e. The Bertz CT molecular complexity index is 1180. The number of aromatic nitrogens is 3. The quantitative estimate of drug-likeness (QED) is 0.443. The number of hydrogen-bond donors (Lipinski definition) is 0. The van der Waals surface area contributed by atoms with Crippen LogP contribution in [0, 0.1) is 0 Å². The highest BCUT2D eigenvalue weighted by molar-refractivity contribution is 7.99. The molecule has 1 unspecified atom stereocenters. The molecule has 8 nitrogen and oxygen atoms in total. The summed E-state index contributed by atoms with van der Waals surface area (Å²) in [5.41, 5.74) is 0.845. The van der Waals surface area contributed by atoms with Gasteiger partial charge in [-0.2, -0.15) is 0 Å². The SMILES string of the molecule is CCN(C(=O)CSc1nnc(-c2ccc(Cl)cc2)n1Cc1ccco1)C1CCS(=O)(=O)C1. The van der Waals surface area contributed by atoms with E-state index in [9.17, 15) is 13.2 Å². The Balaban J connectivity index is 1.53. The second-order valence-electron chi connectivity index (χ2n) is 7.50. The van der Waals surface area contributed by atoms with Crippen molar-refractivity contribution in [3.05, 3.63) is 53.4 Å². The van der Waals surface area contributed by atoms with Gasteiger partial charge in [0.25, 0.3) is 0 Å². The maximum Gasteiger partial charge on any atom is 0.233 e. The first-order valence-corrected chi connectivity index (χ1v) is 13.4. The summed E-state index contributed by atoms with van der Waals surface area (Å²) in [5, 5.41) is 9.85. The van der Waals surface area contributed by atoms with Gasteiger partial charge in [-0.15, -0.1) is 10.2 Å². The molecule has 0 bridgehead atoms. The standard InChI is InChI=1S/C21H23ClN4O4S2/c1-2-25(17-9-11-32(28,29)14-17)19(27)13-31-21-24-23-20(15-5-7-16(22)8-6-15)26(21)12-18-4-3-10-30-18/h3-8,10,17H,2,9,11-14H2,1H3. The zero-order chi connectivity index (χ0) is 22.7. The fourth-order valence-corrected chi connectivity index (χ4v) is 6.46. The molecule has 4 rings (SSSR count). The van der Waals surface area contributed by atoms with Crippen molar-refractivity contribution in [3.8, 4) is 11.4 Å². The summed E-state index contributed by atoms with van der Waals surface area (Å²) in [6, 6.07) is 10.7. The number of halogens is 1. The third-order valence-electron chi connectivity index (χ3n) is 5.35. The van der Waals surface area contributed by atoms with Crippen LogP contribution in [0.2, 0.25) is 5.02 Å². The minimum Gasteiger partial charge on any atom is -0.467 e. The molecule has 0 aliphatic carbocycles. The molecule has 0 radical (unpaired) electrons. The lowest BCUT2D eigenvalue weighted by Crippen LogP contribution is -2.42. The molecule has 3 heterocycles. The molecule has 170 valence electrons. The van der Waals surface area contributed by atoms with Crippen LogP contribution in [-0.2, 0) is 21.2 Å². The normalized spacial score (nSPS) is 17.5. The van der Waals surface area contributed by atoms with Crippen molar-refractivity contribution in [2.24, 2.45) is 0 Å². The lowest BCUT2D eigenvalue weighted by atomic mass is 10.2. The van der Waals surface area contributed by atoms with Crippen LogP contribution >= 0.6 is 23.4 Å². The summed E-state index contributed by atoms with van der Waals surface area (Å²) in [4.78, 5) is 14.6. The minimum absolute atomic E-state index is 0.0344. The van der Waals surface area contributed by atoms with Gasteiger partial charge in [-0.05, 0) is 49.7 Å². The summed E-state index contributed by atoms with van der Waals surface area (Å²) in [5.74, 6) is 1.58. The van der Waals surface area contributed by atoms with Crippen LogP contribution in [-0.4, -0.2) is 63.8 Å². The summed E-state index contributed by atoms with van der Waals surface area (Å²) in [6.07, 6.45) is 2.09. The van der Waals surface area contributed by atoms with E-state index < -0.39 is 9.84 Å². The van der Waals surface area contributed by atoms with Crippen molar-refractivity contribution in [1.82, 2.24) is 19.7 Å². The Morgan fingerprint density at radius 3 is 2.69 bits per heavy atom. The molecule has 32 heavy (non-hydrogen) atoms. The van der Waals surface area contributed by atoms with E-state index >= 15 is 0 Å². The third-order valence-corrected chi connectivity index (χ3v) is 8.30. The Hall–Kier alpha value is -2.30. The zero-order valence-electron chi connectivity index (χ0n) is 17.5. The molecule has 1 aliphatic rings. The van der Waals surface area contributed by atoms with Gasteiger partial charge >= 0.3 is 0 Å². The summed E-state index contributed by atoms with van der Waals surface area (Å²) >= 11 is 7.30. The minimum atomic E-state index is -3.06. The molecule has 0 N–H and O–H groups in total. The maximum absolute atomic E-state index is 12.9. The number of benzene rings is 1. The predicted octanol–water partition coefficient (Wildman–Crippen LogP) is 3.37. The molecule has 11 heteroatoms. The predicted molar refractivity (Wildman–Crippen MR) is 123 cm³/mol. The monoisotopic (exact) mass is 494 g/mol. The van der Waals surface area contributed by atoms with Crippen LogP contribution in [0.4, 0.5) is 0 Å².